The van der Waals surface area contributed by atoms with Crippen LogP contribution in [-0.4, -0.2) is 42.1 Å². The number of ether oxygens (including phenoxy) is 1. The van der Waals surface area contributed by atoms with Gasteiger partial charge in [0, 0.05) is 24.0 Å². The fourth-order valence-corrected chi connectivity index (χ4v) is 3.32. The molecule has 0 saturated carbocycles. The van der Waals surface area contributed by atoms with Gasteiger partial charge in [0.05, 0.1) is 25.2 Å². The van der Waals surface area contributed by atoms with Gasteiger partial charge in [-0.05, 0) is 17.2 Å². The van der Waals surface area contributed by atoms with Gasteiger partial charge in [0.1, 0.15) is 5.82 Å². The number of benzene rings is 2. The van der Waals surface area contributed by atoms with Crippen LogP contribution in [0.2, 0.25) is 0 Å². The minimum atomic E-state index is 0.162. The number of anilines is 1. The first kappa shape index (κ1) is 15.7. The van der Waals surface area contributed by atoms with E-state index < -0.39 is 0 Å². The van der Waals surface area contributed by atoms with Gasteiger partial charge < -0.3 is 20.4 Å². The highest BCUT2D eigenvalue weighted by Gasteiger charge is 2.17. The van der Waals surface area contributed by atoms with Crippen LogP contribution in [0.5, 0.6) is 0 Å². The highest BCUT2D eigenvalue weighted by Crippen LogP contribution is 2.29. The Bertz CT molecular complexity index is 893. The van der Waals surface area contributed by atoms with Crippen molar-refractivity contribution in [3.8, 4) is 11.1 Å². The van der Waals surface area contributed by atoms with E-state index >= 15 is 0 Å². The van der Waals surface area contributed by atoms with Crippen molar-refractivity contribution in [1.29, 1.82) is 0 Å². The zero-order valence-electron chi connectivity index (χ0n) is 14.0. The number of aromatic nitrogens is 1. The van der Waals surface area contributed by atoms with E-state index in [-0.39, 0.29) is 5.91 Å². The van der Waals surface area contributed by atoms with Crippen LogP contribution in [-0.2, 0) is 16.0 Å². The molecule has 3 aromatic rings. The summed E-state index contributed by atoms with van der Waals surface area (Å²) in [6.45, 7) is 2.64. The SMILES string of the molecule is Nc1cc2cccc(-c3ccc(CC(=O)N4CCOCC4)cc3)c2[nH]1. The van der Waals surface area contributed by atoms with E-state index in [2.05, 4.69) is 23.2 Å². The number of nitrogens with two attached hydrogens (primary N) is 1. The van der Waals surface area contributed by atoms with Gasteiger partial charge in [-0.3, -0.25) is 4.79 Å². The third kappa shape index (κ3) is 3.23. The van der Waals surface area contributed by atoms with Gasteiger partial charge in [0.25, 0.3) is 0 Å². The number of para-hydroxylation sites is 1. The molecule has 3 N–H and O–H groups in total. The molecule has 1 saturated heterocycles. The van der Waals surface area contributed by atoms with Gasteiger partial charge >= 0.3 is 0 Å². The summed E-state index contributed by atoms with van der Waals surface area (Å²) < 4.78 is 5.30. The Hall–Kier alpha value is -2.79. The van der Waals surface area contributed by atoms with E-state index in [9.17, 15) is 4.79 Å². The molecule has 1 fully saturated rings. The van der Waals surface area contributed by atoms with Crippen molar-refractivity contribution in [3.05, 3.63) is 54.1 Å². The summed E-state index contributed by atoms with van der Waals surface area (Å²) in [4.78, 5) is 17.4. The van der Waals surface area contributed by atoms with E-state index in [0.717, 1.165) is 27.6 Å². The number of carbonyl (C=O) groups is 1. The molecule has 2 aromatic carbocycles. The van der Waals surface area contributed by atoms with Crippen molar-refractivity contribution in [2.24, 2.45) is 0 Å². The molecule has 0 bridgehead atoms. The lowest BCUT2D eigenvalue weighted by Crippen LogP contribution is -2.41. The second-order valence-electron chi connectivity index (χ2n) is 6.36. The number of H-pyrrole nitrogens is 1. The number of rotatable bonds is 3. The molecule has 0 spiro atoms. The number of amides is 1. The van der Waals surface area contributed by atoms with Crippen molar-refractivity contribution in [3.63, 3.8) is 0 Å². The highest BCUT2D eigenvalue weighted by atomic mass is 16.5. The summed E-state index contributed by atoms with van der Waals surface area (Å²) in [7, 11) is 0. The fraction of sp³-hybridized carbons (Fsp3) is 0.250. The van der Waals surface area contributed by atoms with Crippen molar-refractivity contribution >= 4 is 22.6 Å². The summed E-state index contributed by atoms with van der Waals surface area (Å²) in [5.74, 6) is 0.825. The molecule has 5 heteroatoms. The Kier molecular flexibility index (Phi) is 4.15. The number of nitrogen functional groups attached to an aromatic ring is 1. The Morgan fingerprint density at radius 1 is 1.12 bits per heavy atom. The zero-order valence-corrected chi connectivity index (χ0v) is 14.0. The second kappa shape index (κ2) is 6.61. The Labute approximate surface area is 146 Å². The first-order chi connectivity index (χ1) is 12.2. The van der Waals surface area contributed by atoms with Gasteiger partial charge in [-0.15, -0.1) is 0 Å². The lowest BCUT2D eigenvalue weighted by atomic mass is 10.0. The second-order valence-corrected chi connectivity index (χ2v) is 6.36. The minimum Gasteiger partial charge on any atom is -0.385 e. The summed E-state index contributed by atoms with van der Waals surface area (Å²) in [6, 6.07) is 16.3. The monoisotopic (exact) mass is 335 g/mol. The van der Waals surface area contributed by atoms with Gasteiger partial charge in [-0.2, -0.15) is 0 Å². The van der Waals surface area contributed by atoms with Crippen LogP contribution in [0.1, 0.15) is 5.56 Å². The molecule has 128 valence electrons. The Balaban J connectivity index is 1.54. The highest BCUT2D eigenvalue weighted by molar-refractivity contribution is 5.96. The molecule has 5 nitrogen and oxygen atoms in total. The Morgan fingerprint density at radius 3 is 2.64 bits per heavy atom. The topological polar surface area (TPSA) is 71.3 Å². The molecule has 0 unspecified atom stereocenters. The number of nitrogens with one attached hydrogen (secondary N) is 1. The average Bonchev–Trinajstić information content (AvgIpc) is 3.03. The van der Waals surface area contributed by atoms with Crippen molar-refractivity contribution in [1.82, 2.24) is 9.88 Å². The van der Waals surface area contributed by atoms with Crippen molar-refractivity contribution < 1.29 is 9.53 Å². The number of hydrogen-bond donors (Lipinski definition) is 2. The van der Waals surface area contributed by atoms with Crippen LogP contribution in [0.4, 0.5) is 5.82 Å². The number of aromatic amines is 1. The zero-order chi connectivity index (χ0) is 17.2. The maximum absolute atomic E-state index is 12.4. The number of carbonyl (C=O) groups excluding carboxylic acids is 1. The molecular formula is C20H21N3O2. The van der Waals surface area contributed by atoms with Crippen LogP contribution < -0.4 is 5.73 Å². The van der Waals surface area contributed by atoms with Crippen LogP contribution >= 0.6 is 0 Å². The lowest BCUT2D eigenvalue weighted by molar-refractivity contribution is -0.134. The van der Waals surface area contributed by atoms with Crippen molar-refractivity contribution in [2.45, 2.75) is 6.42 Å². The molecule has 1 amide bonds. The van der Waals surface area contributed by atoms with E-state index in [4.69, 9.17) is 10.5 Å². The smallest absolute Gasteiger partial charge is 0.227 e. The molecule has 1 aliphatic rings. The quantitative estimate of drug-likeness (QED) is 0.773. The summed E-state index contributed by atoms with van der Waals surface area (Å²) in [6.07, 6.45) is 0.430. The van der Waals surface area contributed by atoms with Gasteiger partial charge in [-0.1, -0.05) is 42.5 Å². The van der Waals surface area contributed by atoms with Crippen molar-refractivity contribution in [2.75, 3.05) is 32.0 Å². The number of morpholine rings is 1. The van der Waals surface area contributed by atoms with Gasteiger partial charge in [0.15, 0.2) is 0 Å². The third-order valence-electron chi connectivity index (χ3n) is 4.66. The Morgan fingerprint density at radius 2 is 1.88 bits per heavy atom. The number of nitrogens with zero attached hydrogens (tertiary/aromatic N) is 1. The standard InChI is InChI=1S/C20H21N3O2/c21-18-13-16-2-1-3-17(20(16)22-18)15-6-4-14(5-7-15)12-19(24)23-8-10-25-11-9-23/h1-7,13,22H,8-12,21H2. The average molecular weight is 335 g/mol. The van der Waals surface area contributed by atoms with Crippen LogP contribution in [0.15, 0.2) is 48.5 Å². The van der Waals surface area contributed by atoms with Crippen LogP contribution in [0, 0.1) is 0 Å². The van der Waals surface area contributed by atoms with Crippen LogP contribution in [0.25, 0.3) is 22.0 Å². The molecule has 2 heterocycles. The number of hydrogen-bond acceptors (Lipinski definition) is 3. The van der Waals surface area contributed by atoms with E-state index in [1.54, 1.807) is 0 Å². The predicted octanol–water partition coefficient (Wildman–Crippen LogP) is 2.82. The molecule has 1 aliphatic heterocycles. The van der Waals surface area contributed by atoms with Gasteiger partial charge in [0.2, 0.25) is 5.91 Å². The molecule has 25 heavy (non-hydrogen) atoms. The summed E-state index contributed by atoms with van der Waals surface area (Å²) in [5.41, 5.74) is 10.2. The molecule has 0 radical (unpaired) electrons. The summed E-state index contributed by atoms with van der Waals surface area (Å²) >= 11 is 0. The fourth-order valence-electron chi connectivity index (χ4n) is 3.32. The maximum Gasteiger partial charge on any atom is 0.227 e. The van der Waals surface area contributed by atoms with E-state index in [1.165, 1.54) is 0 Å². The van der Waals surface area contributed by atoms with E-state index in [0.29, 0.717) is 38.5 Å². The molecular weight excluding hydrogens is 314 g/mol. The maximum atomic E-state index is 12.4. The largest absolute Gasteiger partial charge is 0.385 e. The molecule has 1 aromatic heterocycles. The van der Waals surface area contributed by atoms with E-state index in [1.807, 2.05) is 35.2 Å². The first-order valence-electron chi connectivity index (χ1n) is 8.53. The first-order valence-corrected chi connectivity index (χ1v) is 8.53. The lowest BCUT2D eigenvalue weighted by Gasteiger charge is -2.26. The van der Waals surface area contributed by atoms with Gasteiger partial charge in [-0.25, -0.2) is 0 Å². The predicted molar refractivity (Wildman–Crippen MR) is 99.3 cm³/mol. The summed E-state index contributed by atoms with van der Waals surface area (Å²) in [5, 5.41) is 1.10. The number of fused-ring (bicyclic) bond motifs is 1. The third-order valence-corrected chi connectivity index (χ3v) is 4.66. The normalized spacial score (nSPS) is 14.8. The van der Waals surface area contributed by atoms with Crippen LogP contribution in [0.3, 0.4) is 0 Å². The molecule has 0 aliphatic carbocycles. The molecule has 4 rings (SSSR count). The molecule has 0 atom stereocenters. The minimum absolute atomic E-state index is 0.162.